The number of Topliss-reactive ketones (excluding diaryl/α,β-unsaturated/α-hetero) is 1. The average Bonchev–Trinajstić information content (AvgIpc) is 2.90. The first-order valence-corrected chi connectivity index (χ1v) is 14.8. The number of aryl methyl sites for hydroxylation is 1. The number of nitrogens with zero attached hydrogens (tertiary/aromatic N) is 1. The maximum atomic E-state index is 11.9. The number of ether oxygens (including phenoxy) is 1. The molecule has 7 heteroatoms. The third kappa shape index (κ3) is 8.45. The fourth-order valence-electron chi connectivity index (χ4n) is 4.37. The van der Waals surface area contributed by atoms with Crippen molar-refractivity contribution < 1.29 is 17.9 Å². The van der Waals surface area contributed by atoms with Gasteiger partial charge in [0, 0.05) is 25.2 Å². The minimum absolute atomic E-state index is 0.186. The molecule has 0 spiro atoms. The van der Waals surface area contributed by atoms with Crippen LogP contribution in [0.4, 0.5) is 11.4 Å². The van der Waals surface area contributed by atoms with Gasteiger partial charge in [-0.3, -0.25) is 4.72 Å². The monoisotopic (exact) mass is 542 g/mol. The van der Waals surface area contributed by atoms with Crippen molar-refractivity contribution in [3.63, 3.8) is 0 Å². The summed E-state index contributed by atoms with van der Waals surface area (Å²) in [6, 6.07) is 31.7. The average molecular weight is 543 g/mol. The van der Waals surface area contributed by atoms with Gasteiger partial charge in [0.2, 0.25) is 10.0 Å². The Bertz CT molecular complexity index is 1500. The van der Waals surface area contributed by atoms with Gasteiger partial charge in [-0.25, -0.2) is 8.42 Å². The van der Waals surface area contributed by atoms with Crippen molar-refractivity contribution in [3.8, 4) is 11.5 Å². The van der Waals surface area contributed by atoms with Crippen LogP contribution in [0.2, 0.25) is 0 Å². The van der Waals surface area contributed by atoms with Gasteiger partial charge in [-0.05, 0) is 78.9 Å². The molecule has 0 atom stereocenters. The van der Waals surface area contributed by atoms with Crippen LogP contribution in [0.25, 0.3) is 0 Å². The molecule has 0 saturated heterocycles. The summed E-state index contributed by atoms with van der Waals surface area (Å²) < 4.78 is 32.5. The van der Waals surface area contributed by atoms with Crippen molar-refractivity contribution in [1.82, 2.24) is 0 Å². The summed E-state index contributed by atoms with van der Waals surface area (Å²) >= 11 is 0. The number of sulfonamides is 1. The Morgan fingerprint density at radius 3 is 1.90 bits per heavy atom. The summed E-state index contributed by atoms with van der Waals surface area (Å²) in [5.74, 6) is 1.66. The summed E-state index contributed by atoms with van der Waals surface area (Å²) in [6.07, 6.45) is 2.44. The molecule has 39 heavy (non-hydrogen) atoms. The van der Waals surface area contributed by atoms with Crippen LogP contribution < -0.4 is 14.4 Å². The fourth-order valence-corrected chi connectivity index (χ4v) is 4.99. The molecule has 4 rings (SSSR count). The van der Waals surface area contributed by atoms with Gasteiger partial charge in [0.05, 0.1) is 11.9 Å². The molecule has 4 aromatic rings. The molecule has 0 aromatic heterocycles. The smallest absolute Gasteiger partial charge is 0.229 e. The second-order valence-corrected chi connectivity index (χ2v) is 11.5. The lowest BCUT2D eigenvalue weighted by Crippen LogP contribution is -2.23. The van der Waals surface area contributed by atoms with Crippen LogP contribution in [0.1, 0.15) is 35.6 Å². The number of benzene rings is 4. The molecule has 0 amide bonds. The number of rotatable bonds is 12. The quantitative estimate of drug-likeness (QED) is 0.211. The zero-order chi connectivity index (χ0) is 27.8. The Labute approximate surface area is 231 Å². The van der Waals surface area contributed by atoms with Crippen molar-refractivity contribution in [2.45, 2.75) is 39.8 Å². The van der Waals surface area contributed by atoms with Crippen LogP contribution >= 0.6 is 0 Å². The molecule has 0 aliphatic carbocycles. The largest absolute Gasteiger partial charge is 0.457 e. The van der Waals surface area contributed by atoms with Crippen molar-refractivity contribution in [2.75, 3.05) is 15.9 Å². The lowest BCUT2D eigenvalue weighted by atomic mass is 10.1. The molecule has 6 nitrogen and oxygen atoms in total. The van der Waals surface area contributed by atoms with E-state index in [0.717, 1.165) is 52.1 Å². The van der Waals surface area contributed by atoms with Gasteiger partial charge < -0.3 is 14.4 Å². The van der Waals surface area contributed by atoms with Crippen LogP contribution in [-0.4, -0.2) is 20.5 Å². The minimum Gasteiger partial charge on any atom is -0.457 e. The molecule has 0 heterocycles. The molecule has 4 aromatic carbocycles. The molecule has 0 aliphatic rings. The van der Waals surface area contributed by atoms with Crippen molar-refractivity contribution in [1.29, 1.82) is 0 Å². The molecule has 0 bridgehead atoms. The van der Waals surface area contributed by atoms with E-state index in [2.05, 4.69) is 21.8 Å². The maximum Gasteiger partial charge on any atom is 0.229 e. The third-order valence-electron chi connectivity index (χ3n) is 6.38. The first-order chi connectivity index (χ1) is 18.7. The lowest BCUT2D eigenvalue weighted by molar-refractivity contribution is -0.116. The zero-order valence-corrected chi connectivity index (χ0v) is 23.4. The van der Waals surface area contributed by atoms with E-state index in [1.807, 2.05) is 85.8 Å². The van der Waals surface area contributed by atoms with Crippen LogP contribution in [-0.2, 0) is 34.3 Å². The number of carbonyl (C=O) groups is 1. The van der Waals surface area contributed by atoms with Crippen molar-refractivity contribution in [3.05, 3.63) is 119 Å². The molecule has 1 N–H and O–H groups in total. The van der Waals surface area contributed by atoms with Crippen molar-refractivity contribution in [2.24, 2.45) is 0 Å². The summed E-state index contributed by atoms with van der Waals surface area (Å²) in [6.45, 7) is 4.83. The lowest BCUT2D eigenvalue weighted by Gasteiger charge is -2.28. The van der Waals surface area contributed by atoms with E-state index in [9.17, 15) is 13.2 Å². The molecule has 0 fully saturated rings. The van der Waals surface area contributed by atoms with Crippen LogP contribution in [0.15, 0.2) is 97.1 Å². The fraction of sp³-hybridized carbons (Fsp3) is 0.219. The predicted molar refractivity (Wildman–Crippen MR) is 158 cm³/mol. The van der Waals surface area contributed by atoms with Gasteiger partial charge in [0.15, 0.2) is 0 Å². The first kappa shape index (κ1) is 27.9. The molecular weight excluding hydrogens is 508 g/mol. The Morgan fingerprint density at radius 1 is 0.769 bits per heavy atom. The standard InChI is InChI=1S/C32H34N2O4S/c1-24(35)12-13-26-14-18-29(19-15-26)38-30-20-16-28(17-21-30)23-34(22-27-8-5-4-6-9-27)32-11-7-10-31(25(32)2)33-39(3,36)37/h4-11,14-21,33H,12-13,22-23H2,1-3H3. The topological polar surface area (TPSA) is 75.7 Å². The van der Waals surface area contributed by atoms with E-state index in [0.29, 0.717) is 25.2 Å². The van der Waals surface area contributed by atoms with E-state index in [1.165, 1.54) is 0 Å². The Balaban J connectivity index is 1.51. The molecule has 0 saturated carbocycles. The van der Waals surface area contributed by atoms with Crippen LogP contribution in [0.5, 0.6) is 11.5 Å². The van der Waals surface area contributed by atoms with Gasteiger partial charge in [0.25, 0.3) is 0 Å². The number of anilines is 2. The Kier molecular flexibility index (Phi) is 9.04. The highest BCUT2D eigenvalue weighted by Crippen LogP contribution is 2.30. The highest BCUT2D eigenvalue weighted by atomic mass is 32.2. The molecule has 0 aliphatic heterocycles. The van der Waals surface area contributed by atoms with E-state index >= 15 is 0 Å². The minimum atomic E-state index is -3.40. The second-order valence-electron chi connectivity index (χ2n) is 9.76. The zero-order valence-electron chi connectivity index (χ0n) is 22.6. The van der Waals surface area contributed by atoms with E-state index in [-0.39, 0.29) is 5.78 Å². The summed E-state index contributed by atoms with van der Waals surface area (Å²) in [4.78, 5) is 13.5. The summed E-state index contributed by atoms with van der Waals surface area (Å²) in [7, 11) is -3.40. The second kappa shape index (κ2) is 12.6. The molecule has 202 valence electrons. The molecule has 0 unspecified atom stereocenters. The summed E-state index contributed by atoms with van der Waals surface area (Å²) in [5, 5.41) is 0. The Hall–Kier alpha value is -4.10. The van der Waals surface area contributed by atoms with Gasteiger partial charge in [-0.15, -0.1) is 0 Å². The molecular formula is C32H34N2O4S. The van der Waals surface area contributed by atoms with Gasteiger partial charge >= 0.3 is 0 Å². The number of hydrogen-bond acceptors (Lipinski definition) is 5. The Morgan fingerprint density at radius 2 is 1.33 bits per heavy atom. The highest BCUT2D eigenvalue weighted by molar-refractivity contribution is 7.92. The van der Waals surface area contributed by atoms with Gasteiger partial charge in [-0.1, -0.05) is 60.7 Å². The third-order valence-corrected chi connectivity index (χ3v) is 6.97. The van der Waals surface area contributed by atoms with Gasteiger partial charge in [-0.2, -0.15) is 0 Å². The van der Waals surface area contributed by atoms with Crippen molar-refractivity contribution >= 4 is 27.2 Å². The van der Waals surface area contributed by atoms with E-state index in [4.69, 9.17) is 4.74 Å². The first-order valence-electron chi connectivity index (χ1n) is 12.9. The summed E-state index contributed by atoms with van der Waals surface area (Å²) in [5.41, 5.74) is 5.76. The maximum absolute atomic E-state index is 11.9. The molecule has 0 radical (unpaired) electrons. The van der Waals surface area contributed by atoms with E-state index < -0.39 is 10.0 Å². The SMILES string of the molecule is CC(=O)CCc1ccc(Oc2ccc(CN(Cc3ccccc3)c3cccc(NS(C)(=O)=O)c3C)cc2)cc1. The van der Waals surface area contributed by atoms with Crippen LogP contribution in [0, 0.1) is 6.92 Å². The number of nitrogens with one attached hydrogen (secondary N) is 1. The van der Waals surface area contributed by atoms with Crippen LogP contribution in [0.3, 0.4) is 0 Å². The number of ketones is 1. The number of carbonyl (C=O) groups excluding carboxylic acids is 1. The van der Waals surface area contributed by atoms with Gasteiger partial charge in [0.1, 0.15) is 17.3 Å². The highest BCUT2D eigenvalue weighted by Gasteiger charge is 2.15. The normalized spacial score (nSPS) is 11.2. The van der Waals surface area contributed by atoms with E-state index in [1.54, 1.807) is 13.0 Å². The number of hydrogen-bond donors (Lipinski definition) is 1. The predicted octanol–water partition coefficient (Wildman–Crippen LogP) is 6.89.